The second-order valence-corrected chi connectivity index (χ2v) is 6.94. The number of aromatic nitrogens is 1. The van der Waals surface area contributed by atoms with Gasteiger partial charge in [-0.25, -0.2) is 0 Å². The summed E-state index contributed by atoms with van der Waals surface area (Å²) in [5.41, 5.74) is 14.2. The maximum Gasteiger partial charge on any atom is 0.254 e. The van der Waals surface area contributed by atoms with Crippen LogP contribution in [-0.2, 0) is 11.3 Å². The van der Waals surface area contributed by atoms with E-state index in [0.717, 1.165) is 16.5 Å². The number of halogens is 2. The molecule has 0 atom stereocenters. The Bertz CT molecular complexity index is 1070. The molecule has 0 unspecified atom stereocenters. The molecule has 0 radical (unpaired) electrons. The van der Waals surface area contributed by atoms with Gasteiger partial charge in [-0.05, 0) is 23.8 Å². The van der Waals surface area contributed by atoms with Crippen LogP contribution < -0.4 is 16.8 Å². The molecular formula is C19H18Cl2N6O. The van der Waals surface area contributed by atoms with E-state index in [-0.39, 0.29) is 24.6 Å². The summed E-state index contributed by atoms with van der Waals surface area (Å²) in [5.74, 6) is -0.575. The molecule has 0 saturated carbocycles. The number of benzene rings is 2. The molecule has 0 fully saturated rings. The van der Waals surface area contributed by atoms with Crippen LogP contribution in [0.15, 0.2) is 47.6 Å². The van der Waals surface area contributed by atoms with Gasteiger partial charge < -0.3 is 27.2 Å². The number of H-pyrrole nitrogens is 1. The Labute approximate surface area is 171 Å². The predicted octanol–water partition coefficient (Wildman–Crippen LogP) is 3.45. The van der Waals surface area contributed by atoms with Crippen LogP contribution in [0.25, 0.3) is 10.9 Å². The quantitative estimate of drug-likeness (QED) is 0.247. The highest BCUT2D eigenvalue weighted by molar-refractivity contribution is 6.38. The molecule has 1 aromatic heterocycles. The molecular weight excluding hydrogens is 399 g/mol. The lowest BCUT2D eigenvalue weighted by molar-refractivity contribution is -0.116. The van der Waals surface area contributed by atoms with Crippen molar-refractivity contribution in [1.82, 2.24) is 10.3 Å². The number of nitrogens with one attached hydrogen (secondary N) is 3. The summed E-state index contributed by atoms with van der Waals surface area (Å²) in [6.45, 7) is 0.266. The van der Waals surface area contributed by atoms with Gasteiger partial charge in [0.2, 0.25) is 0 Å². The van der Waals surface area contributed by atoms with E-state index in [1.807, 2.05) is 24.3 Å². The van der Waals surface area contributed by atoms with Crippen LogP contribution in [0.1, 0.15) is 17.5 Å². The normalized spacial score (nSPS) is 11.6. The number of aliphatic imine (C=N–C) groups is 1. The summed E-state index contributed by atoms with van der Waals surface area (Å²) in [7, 11) is 0. The first kappa shape index (κ1) is 19.7. The number of carbonyl (C=O) groups excluding carboxylic acids is 1. The molecule has 7 nitrogen and oxygen atoms in total. The standard InChI is InChI=1S/C19H18Cl2N6O/c20-13-5-10(6-14(21)18(13)23)8-26-19(24)27-17(28)7-15(22)12-9-25-16-4-2-1-3-11(12)16/h1-6,9,22,25H,7-8,23H2,(H3,24,26,27,28). The summed E-state index contributed by atoms with van der Waals surface area (Å²) >= 11 is 12.0. The first-order valence-electron chi connectivity index (χ1n) is 8.33. The van der Waals surface area contributed by atoms with Crippen molar-refractivity contribution < 1.29 is 4.79 Å². The zero-order valence-electron chi connectivity index (χ0n) is 14.7. The SMILES string of the molecule is N=C(CC(=O)/N=C(\N)NCc1cc(Cl)c(N)c(Cl)c1)c1c[nH]c2ccccc12. The van der Waals surface area contributed by atoms with E-state index in [0.29, 0.717) is 21.3 Å². The fourth-order valence-corrected chi connectivity index (χ4v) is 3.24. The average molecular weight is 417 g/mol. The zero-order valence-corrected chi connectivity index (χ0v) is 16.2. The van der Waals surface area contributed by atoms with Crippen LogP contribution in [0.2, 0.25) is 10.0 Å². The smallest absolute Gasteiger partial charge is 0.254 e. The summed E-state index contributed by atoms with van der Waals surface area (Å²) in [6.07, 6.45) is 1.55. The van der Waals surface area contributed by atoms with E-state index in [2.05, 4.69) is 15.3 Å². The number of anilines is 1. The molecule has 0 aliphatic carbocycles. The minimum atomic E-state index is -0.520. The Morgan fingerprint density at radius 3 is 2.61 bits per heavy atom. The topological polar surface area (TPSA) is 133 Å². The summed E-state index contributed by atoms with van der Waals surface area (Å²) in [6, 6.07) is 10.9. The Kier molecular flexibility index (Phi) is 5.87. The largest absolute Gasteiger partial charge is 0.396 e. The second kappa shape index (κ2) is 8.33. The maximum atomic E-state index is 12.1. The highest BCUT2D eigenvalue weighted by Gasteiger charge is 2.12. The molecule has 0 aliphatic heterocycles. The lowest BCUT2D eigenvalue weighted by atomic mass is 10.1. The van der Waals surface area contributed by atoms with Crippen LogP contribution in [0.5, 0.6) is 0 Å². The number of aromatic amines is 1. The number of fused-ring (bicyclic) bond motifs is 1. The number of nitrogens with two attached hydrogens (primary N) is 2. The number of hydrogen-bond donors (Lipinski definition) is 5. The first-order valence-corrected chi connectivity index (χ1v) is 9.09. The molecule has 1 amide bonds. The number of guanidine groups is 1. The fourth-order valence-electron chi connectivity index (χ4n) is 2.71. The third-order valence-electron chi connectivity index (χ3n) is 4.10. The van der Waals surface area contributed by atoms with Gasteiger partial charge in [-0.15, -0.1) is 0 Å². The van der Waals surface area contributed by atoms with E-state index >= 15 is 0 Å². The molecule has 0 aliphatic rings. The molecule has 1 heterocycles. The minimum Gasteiger partial charge on any atom is -0.396 e. The molecule has 0 bridgehead atoms. The number of nitrogens with zero attached hydrogens (tertiary/aromatic N) is 1. The summed E-state index contributed by atoms with van der Waals surface area (Å²) in [4.78, 5) is 19.0. The molecule has 3 aromatic rings. The van der Waals surface area contributed by atoms with Crippen molar-refractivity contribution in [2.75, 3.05) is 5.73 Å². The van der Waals surface area contributed by atoms with Crippen LogP contribution in [0.3, 0.4) is 0 Å². The van der Waals surface area contributed by atoms with Gasteiger partial charge in [0.15, 0.2) is 5.96 Å². The summed E-state index contributed by atoms with van der Waals surface area (Å²) < 4.78 is 0. The molecule has 9 heteroatoms. The van der Waals surface area contributed by atoms with Gasteiger partial charge in [-0.3, -0.25) is 4.79 Å². The van der Waals surface area contributed by atoms with Crippen LogP contribution in [0.4, 0.5) is 5.69 Å². The predicted molar refractivity (Wildman–Crippen MR) is 114 cm³/mol. The number of para-hydroxylation sites is 1. The Morgan fingerprint density at radius 1 is 1.21 bits per heavy atom. The van der Waals surface area contributed by atoms with Crippen molar-refractivity contribution >= 4 is 57.4 Å². The number of amides is 1. The van der Waals surface area contributed by atoms with Gasteiger partial charge in [-0.1, -0.05) is 41.4 Å². The molecule has 3 rings (SSSR count). The number of rotatable bonds is 5. The van der Waals surface area contributed by atoms with E-state index in [4.69, 9.17) is 40.1 Å². The second-order valence-electron chi connectivity index (χ2n) is 6.12. The zero-order chi connectivity index (χ0) is 20.3. The molecule has 144 valence electrons. The number of nitrogen functional groups attached to an aromatic ring is 1. The third kappa shape index (κ3) is 4.44. The highest BCUT2D eigenvalue weighted by atomic mass is 35.5. The van der Waals surface area contributed by atoms with E-state index in [9.17, 15) is 4.79 Å². The lowest BCUT2D eigenvalue weighted by Gasteiger charge is -2.08. The number of carbonyl (C=O) groups is 1. The minimum absolute atomic E-state index is 0.0548. The van der Waals surface area contributed by atoms with Crippen molar-refractivity contribution in [3.63, 3.8) is 0 Å². The van der Waals surface area contributed by atoms with E-state index < -0.39 is 5.91 Å². The highest BCUT2D eigenvalue weighted by Crippen LogP contribution is 2.28. The molecule has 7 N–H and O–H groups in total. The Balaban J connectivity index is 1.61. The number of hydrogen-bond acceptors (Lipinski definition) is 3. The average Bonchev–Trinajstić information content (AvgIpc) is 3.08. The molecule has 0 saturated heterocycles. The van der Waals surface area contributed by atoms with Crippen molar-refractivity contribution in [3.8, 4) is 0 Å². The van der Waals surface area contributed by atoms with Gasteiger partial charge >= 0.3 is 0 Å². The van der Waals surface area contributed by atoms with Crippen molar-refractivity contribution in [3.05, 3.63) is 63.8 Å². The van der Waals surface area contributed by atoms with Crippen LogP contribution in [0, 0.1) is 5.41 Å². The van der Waals surface area contributed by atoms with E-state index in [1.54, 1.807) is 18.3 Å². The van der Waals surface area contributed by atoms with Crippen molar-refractivity contribution in [2.45, 2.75) is 13.0 Å². The summed E-state index contributed by atoms with van der Waals surface area (Å²) in [5, 5.41) is 12.6. The maximum absolute atomic E-state index is 12.1. The Morgan fingerprint density at radius 2 is 1.89 bits per heavy atom. The van der Waals surface area contributed by atoms with E-state index in [1.165, 1.54) is 0 Å². The van der Waals surface area contributed by atoms with Gasteiger partial charge in [-0.2, -0.15) is 4.99 Å². The molecule has 2 aromatic carbocycles. The van der Waals surface area contributed by atoms with Gasteiger partial charge in [0, 0.05) is 29.2 Å². The van der Waals surface area contributed by atoms with Gasteiger partial charge in [0.1, 0.15) is 0 Å². The fraction of sp³-hybridized carbons (Fsp3) is 0.105. The lowest BCUT2D eigenvalue weighted by Crippen LogP contribution is -2.32. The van der Waals surface area contributed by atoms with Crippen molar-refractivity contribution in [2.24, 2.45) is 10.7 Å². The van der Waals surface area contributed by atoms with Crippen LogP contribution >= 0.6 is 23.2 Å². The first-order chi connectivity index (χ1) is 13.3. The third-order valence-corrected chi connectivity index (χ3v) is 4.73. The van der Waals surface area contributed by atoms with Crippen LogP contribution in [-0.4, -0.2) is 22.6 Å². The molecule has 0 spiro atoms. The van der Waals surface area contributed by atoms with Crippen molar-refractivity contribution in [1.29, 1.82) is 5.41 Å². The van der Waals surface area contributed by atoms with Gasteiger partial charge in [0.25, 0.3) is 5.91 Å². The monoisotopic (exact) mass is 416 g/mol. The van der Waals surface area contributed by atoms with Gasteiger partial charge in [0.05, 0.1) is 27.9 Å². The Hall–Kier alpha value is -3.03. The molecule has 28 heavy (non-hydrogen) atoms.